The Morgan fingerprint density at radius 3 is 2.70 bits per heavy atom. The number of esters is 1. The number of hydrogen-bond donors (Lipinski definition) is 2. The van der Waals surface area contributed by atoms with E-state index in [4.69, 9.17) is 15.6 Å². The van der Waals surface area contributed by atoms with Gasteiger partial charge in [-0.2, -0.15) is 0 Å². The number of ether oxygens (including phenoxy) is 1. The summed E-state index contributed by atoms with van der Waals surface area (Å²) in [6.07, 6.45) is 2.81. The van der Waals surface area contributed by atoms with E-state index in [0.717, 1.165) is 31.5 Å². The molecule has 0 radical (unpaired) electrons. The van der Waals surface area contributed by atoms with E-state index in [1.165, 1.54) is 0 Å². The molecule has 0 spiro atoms. The summed E-state index contributed by atoms with van der Waals surface area (Å²) in [6.45, 7) is 3.23. The topological polar surface area (TPSA) is 75.8 Å². The summed E-state index contributed by atoms with van der Waals surface area (Å²) in [5, 5.41) is 8.74. The summed E-state index contributed by atoms with van der Waals surface area (Å²) in [4.78, 5) is 13.7. The first kappa shape index (κ1) is 16.3. The fraction of sp³-hybridized carbons (Fsp3) is 0.533. The van der Waals surface area contributed by atoms with Crippen LogP contribution >= 0.6 is 0 Å². The quantitative estimate of drug-likeness (QED) is 0.433. The number of nitrogens with two attached hydrogens (primary N) is 1. The minimum atomic E-state index is -0.351. The van der Waals surface area contributed by atoms with Gasteiger partial charge in [-0.15, -0.1) is 0 Å². The molecule has 112 valence electrons. The molecule has 0 aliphatic rings. The first-order valence-corrected chi connectivity index (χ1v) is 6.98. The number of carbonyl (C=O) groups excluding carboxylic acids is 1. The zero-order valence-electron chi connectivity index (χ0n) is 12.3. The number of anilines is 2. The Bertz CT molecular complexity index is 435. The maximum absolute atomic E-state index is 11.6. The van der Waals surface area contributed by atoms with Crippen molar-refractivity contribution in [3.63, 3.8) is 0 Å². The summed E-state index contributed by atoms with van der Waals surface area (Å²) in [5.41, 5.74) is 7.95. The SMILES string of the molecule is CCOC(=O)c1ccc(N(C)CCCCCO)c(N)c1. The van der Waals surface area contributed by atoms with Crippen molar-refractivity contribution in [2.24, 2.45) is 0 Å². The van der Waals surface area contributed by atoms with Crippen molar-refractivity contribution < 1.29 is 14.6 Å². The molecule has 0 saturated carbocycles. The lowest BCUT2D eigenvalue weighted by molar-refractivity contribution is 0.0526. The number of nitrogens with zero attached hydrogens (tertiary/aromatic N) is 1. The molecular weight excluding hydrogens is 256 g/mol. The average molecular weight is 280 g/mol. The molecule has 0 atom stereocenters. The second-order valence-corrected chi connectivity index (χ2v) is 4.70. The lowest BCUT2D eigenvalue weighted by atomic mass is 10.1. The zero-order valence-corrected chi connectivity index (χ0v) is 12.3. The zero-order chi connectivity index (χ0) is 15.0. The van der Waals surface area contributed by atoms with Gasteiger partial charge < -0.3 is 20.5 Å². The molecule has 0 heterocycles. The van der Waals surface area contributed by atoms with Crippen LogP contribution < -0.4 is 10.6 Å². The van der Waals surface area contributed by atoms with E-state index in [2.05, 4.69) is 4.90 Å². The van der Waals surface area contributed by atoms with Gasteiger partial charge in [-0.25, -0.2) is 4.79 Å². The van der Waals surface area contributed by atoms with E-state index in [0.29, 0.717) is 17.9 Å². The molecular formula is C15H24N2O3. The summed E-state index contributed by atoms with van der Waals surface area (Å²) in [6, 6.07) is 5.22. The highest BCUT2D eigenvalue weighted by Gasteiger charge is 2.11. The lowest BCUT2D eigenvalue weighted by Crippen LogP contribution is -2.20. The number of unbranched alkanes of at least 4 members (excludes halogenated alkanes) is 2. The third-order valence-electron chi connectivity index (χ3n) is 3.10. The first-order chi connectivity index (χ1) is 9.60. The molecule has 0 aliphatic carbocycles. The van der Waals surface area contributed by atoms with Gasteiger partial charge in [0.2, 0.25) is 0 Å². The number of aliphatic hydroxyl groups excluding tert-OH is 1. The molecule has 0 saturated heterocycles. The highest BCUT2D eigenvalue weighted by molar-refractivity contribution is 5.92. The van der Waals surface area contributed by atoms with Crippen molar-refractivity contribution in [2.75, 3.05) is 37.4 Å². The molecule has 5 heteroatoms. The maximum atomic E-state index is 11.6. The third kappa shape index (κ3) is 4.74. The average Bonchev–Trinajstić information content (AvgIpc) is 2.43. The molecule has 0 fully saturated rings. The van der Waals surface area contributed by atoms with Gasteiger partial charge in [0.25, 0.3) is 0 Å². The van der Waals surface area contributed by atoms with Gasteiger partial charge in [-0.3, -0.25) is 0 Å². The highest BCUT2D eigenvalue weighted by atomic mass is 16.5. The Balaban J connectivity index is 2.65. The molecule has 20 heavy (non-hydrogen) atoms. The Labute approximate surface area is 120 Å². The Hall–Kier alpha value is -1.75. The number of benzene rings is 1. The molecule has 1 aromatic rings. The number of carbonyl (C=O) groups is 1. The summed E-state index contributed by atoms with van der Waals surface area (Å²) in [5.74, 6) is -0.351. The van der Waals surface area contributed by atoms with Crippen molar-refractivity contribution in [1.82, 2.24) is 0 Å². The number of aliphatic hydroxyl groups is 1. The van der Waals surface area contributed by atoms with Gasteiger partial charge in [-0.05, 0) is 44.4 Å². The van der Waals surface area contributed by atoms with E-state index in [1.807, 2.05) is 13.1 Å². The predicted octanol–water partition coefficient (Wildman–Crippen LogP) is 2.04. The summed E-state index contributed by atoms with van der Waals surface area (Å²) < 4.78 is 4.94. The summed E-state index contributed by atoms with van der Waals surface area (Å²) in [7, 11) is 1.97. The lowest BCUT2D eigenvalue weighted by Gasteiger charge is -2.21. The molecule has 0 bridgehead atoms. The molecule has 1 rings (SSSR count). The van der Waals surface area contributed by atoms with Gasteiger partial charge in [0.15, 0.2) is 0 Å². The van der Waals surface area contributed by atoms with Crippen LogP contribution in [0.1, 0.15) is 36.5 Å². The first-order valence-electron chi connectivity index (χ1n) is 6.98. The fourth-order valence-corrected chi connectivity index (χ4v) is 2.00. The maximum Gasteiger partial charge on any atom is 0.338 e. The highest BCUT2D eigenvalue weighted by Crippen LogP contribution is 2.24. The predicted molar refractivity (Wildman–Crippen MR) is 81.0 cm³/mol. The van der Waals surface area contributed by atoms with Gasteiger partial charge in [0.1, 0.15) is 0 Å². The van der Waals surface area contributed by atoms with Crippen LogP contribution in [0.5, 0.6) is 0 Å². The molecule has 0 aromatic heterocycles. The van der Waals surface area contributed by atoms with Crippen molar-refractivity contribution in [3.05, 3.63) is 23.8 Å². The minimum absolute atomic E-state index is 0.236. The van der Waals surface area contributed by atoms with Crippen LogP contribution in [-0.2, 0) is 4.74 Å². The van der Waals surface area contributed by atoms with Crippen LogP contribution in [0.4, 0.5) is 11.4 Å². The summed E-state index contributed by atoms with van der Waals surface area (Å²) >= 11 is 0. The van der Waals surface area contributed by atoms with E-state index in [-0.39, 0.29) is 12.6 Å². The van der Waals surface area contributed by atoms with Gasteiger partial charge in [0, 0.05) is 20.2 Å². The largest absolute Gasteiger partial charge is 0.462 e. The van der Waals surface area contributed by atoms with Crippen LogP contribution in [-0.4, -0.2) is 37.9 Å². The fourth-order valence-electron chi connectivity index (χ4n) is 2.00. The second kappa shape index (κ2) is 8.43. The van der Waals surface area contributed by atoms with Crippen LogP contribution in [0.25, 0.3) is 0 Å². The Morgan fingerprint density at radius 2 is 2.10 bits per heavy atom. The van der Waals surface area contributed by atoms with Crippen molar-refractivity contribution in [1.29, 1.82) is 0 Å². The van der Waals surface area contributed by atoms with Crippen molar-refractivity contribution in [3.8, 4) is 0 Å². The monoisotopic (exact) mass is 280 g/mol. The number of rotatable bonds is 8. The molecule has 3 N–H and O–H groups in total. The second-order valence-electron chi connectivity index (χ2n) is 4.70. The van der Waals surface area contributed by atoms with E-state index in [1.54, 1.807) is 19.1 Å². The van der Waals surface area contributed by atoms with E-state index >= 15 is 0 Å². The third-order valence-corrected chi connectivity index (χ3v) is 3.10. The molecule has 0 aliphatic heterocycles. The molecule has 1 aromatic carbocycles. The number of hydrogen-bond acceptors (Lipinski definition) is 5. The molecule has 0 unspecified atom stereocenters. The molecule has 0 amide bonds. The van der Waals surface area contributed by atoms with Crippen LogP contribution in [0.2, 0.25) is 0 Å². The minimum Gasteiger partial charge on any atom is -0.462 e. The molecule has 5 nitrogen and oxygen atoms in total. The van der Waals surface area contributed by atoms with Gasteiger partial charge in [-0.1, -0.05) is 0 Å². The Kier molecular flexibility index (Phi) is 6.87. The van der Waals surface area contributed by atoms with Crippen LogP contribution in [0.3, 0.4) is 0 Å². The normalized spacial score (nSPS) is 10.3. The number of nitrogen functional groups attached to an aromatic ring is 1. The standard InChI is InChI=1S/C15H24N2O3/c1-3-20-15(19)12-7-8-14(13(16)11-12)17(2)9-5-4-6-10-18/h7-8,11,18H,3-6,9-10,16H2,1-2H3. The van der Waals surface area contributed by atoms with E-state index in [9.17, 15) is 4.79 Å². The van der Waals surface area contributed by atoms with Gasteiger partial charge >= 0.3 is 5.97 Å². The van der Waals surface area contributed by atoms with Crippen LogP contribution in [0, 0.1) is 0 Å². The van der Waals surface area contributed by atoms with Crippen LogP contribution in [0.15, 0.2) is 18.2 Å². The smallest absolute Gasteiger partial charge is 0.338 e. The van der Waals surface area contributed by atoms with Crippen molar-refractivity contribution >= 4 is 17.3 Å². The van der Waals surface area contributed by atoms with E-state index < -0.39 is 0 Å². The van der Waals surface area contributed by atoms with Gasteiger partial charge in [0.05, 0.1) is 23.5 Å². The Morgan fingerprint density at radius 1 is 1.35 bits per heavy atom. The van der Waals surface area contributed by atoms with Crippen molar-refractivity contribution in [2.45, 2.75) is 26.2 Å².